The maximum atomic E-state index is 15.9. The molecule has 3 aliphatic heterocycles. The minimum Gasteiger partial charge on any atom is -0.387 e. The van der Waals surface area contributed by atoms with Crippen LogP contribution in [0.3, 0.4) is 0 Å². The van der Waals surface area contributed by atoms with E-state index in [1.54, 1.807) is 12.1 Å². The van der Waals surface area contributed by atoms with Crippen molar-refractivity contribution in [2.75, 3.05) is 63.2 Å². The molecular formula is C34H33F2N7O2S. The lowest BCUT2D eigenvalue weighted by molar-refractivity contribution is -0.149. The summed E-state index contributed by atoms with van der Waals surface area (Å²) in [6, 6.07) is 11.6. The third kappa shape index (κ3) is 4.63. The number of hydrogen-bond acceptors (Lipinski definition) is 9. The summed E-state index contributed by atoms with van der Waals surface area (Å²) in [6.07, 6.45) is 1.17. The van der Waals surface area contributed by atoms with Crippen LogP contribution in [0, 0.1) is 34.3 Å². The summed E-state index contributed by atoms with van der Waals surface area (Å²) in [7, 11) is 3.89. The number of thiazole rings is 1. The van der Waals surface area contributed by atoms with Crippen LogP contribution in [-0.2, 0) is 11.2 Å². The Balaban J connectivity index is 1.11. The molecule has 236 valence electrons. The number of hydrogen-bond donors (Lipinski definition) is 1. The summed E-state index contributed by atoms with van der Waals surface area (Å²) >= 11 is 1.21. The Hall–Kier alpha value is -4.18. The number of aliphatic hydroxyl groups is 1. The highest BCUT2D eigenvalue weighted by Gasteiger charge is 2.54. The van der Waals surface area contributed by atoms with E-state index in [2.05, 4.69) is 27.9 Å². The number of halogens is 2. The van der Waals surface area contributed by atoms with Crippen molar-refractivity contribution >= 4 is 44.7 Å². The molecule has 1 amide bonds. The SMILES string of the molecule is CN1CC[C@H](C(=O)N2CC3(C2)CN(c2cc(F)c4nc5c(c(N(C)c6nc(-c7ccc(F)cc7)c(C#N)s6)c4c2)CC[C@H]5O)C3)C1. The molecule has 0 unspecified atom stereocenters. The number of amides is 1. The van der Waals surface area contributed by atoms with Gasteiger partial charge in [-0.15, -0.1) is 0 Å². The van der Waals surface area contributed by atoms with Crippen LogP contribution in [0.1, 0.15) is 35.1 Å². The monoisotopic (exact) mass is 641 g/mol. The number of fused-ring (bicyclic) bond motifs is 2. The Bertz CT molecular complexity index is 1930. The predicted octanol–water partition coefficient (Wildman–Crippen LogP) is 4.86. The molecule has 2 aromatic carbocycles. The van der Waals surface area contributed by atoms with Gasteiger partial charge < -0.3 is 24.7 Å². The molecule has 8 rings (SSSR count). The summed E-state index contributed by atoms with van der Waals surface area (Å²) in [5, 5.41) is 21.8. The van der Waals surface area contributed by atoms with E-state index in [1.165, 1.54) is 29.5 Å². The van der Waals surface area contributed by atoms with Crippen LogP contribution in [0.5, 0.6) is 0 Å². The van der Waals surface area contributed by atoms with Gasteiger partial charge >= 0.3 is 0 Å². The van der Waals surface area contributed by atoms with Crippen LogP contribution < -0.4 is 9.80 Å². The second kappa shape index (κ2) is 10.7. The molecule has 1 spiro atoms. The second-order valence-electron chi connectivity index (χ2n) is 13.4. The lowest BCUT2D eigenvalue weighted by Gasteiger charge is -2.61. The van der Waals surface area contributed by atoms with Gasteiger partial charge in [-0.25, -0.2) is 18.7 Å². The number of likely N-dealkylation sites (tertiary alicyclic amines) is 2. The molecule has 0 saturated carbocycles. The highest BCUT2D eigenvalue weighted by Crippen LogP contribution is 2.48. The van der Waals surface area contributed by atoms with Crippen molar-refractivity contribution < 1.29 is 18.7 Å². The molecule has 3 saturated heterocycles. The zero-order chi connectivity index (χ0) is 31.9. The Morgan fingerprint density at radius 3 is 2.59 bits per heavy atom. The van der Waals surface area contributed by atoms with Gasteiger partial charge in [-0.1, -0.05) is 11.3 Å². The fraction of sp³-hybridized carbons (Fsp3) is 0.412. The standard InChI is InChI=1S/C34H33F2N7O2S/c1-40-10-9-20(14-40)32(45)43-17-34(18-43)15-42(16-34)22-11-24-29(25(36)12-22)38-30-23(7-8-26(30)44)31(24)41(2)33-39-28(27(13-37)46-33)19-3-5-21(35)6-4-19/h3-6,11-12,20,26,44H,7-10,14-18H2,1-2H3/t20-,26+/m0/s1. The number of aliphatic hydroxyl groups excluding tert-OH is 1. The first kappa shape index (κ1) is 29.2. The molecule has 1 aliphatic carbocycles. The topological polar surface area (TPSA) is 99.8 Å². The summed E-state index contributed by atoms with van der Waals surface area (Å²) in [4.78, 5) is 31.0. The minimum absolute atomic E-state index is 0.0385. The number of rotatable bonds is 5. The number of aromatic nitrogens is 2. The molecule has 2 atom stereocenters. The number of carbonyl (C=O) groups excluding carboxylic acids is 1. The molecule has 4 aromatic rings. The van der Waals surface area contributed by atoms with Crippen molar-refractivity contribution in [1.82, 2.24) is 19.8 Å². The Labute approximate surface area is 269 Å². The van der Waals surface area contributed by atoms with Gasteiger partial charge in [0.25, 0.3) is 0 Å². The van der Waals surface area contributed by atoms with Crippen LogP contribution in [-0.4, -0.2) is 84.1 Å². The Morgan fingerprint density at radius 1 is 1.13 bits per heavy atom. The first-order chi connectivity index (χ1) is 22.1. The maximum absolute atomic E-state index is 15.9. The van der Waals surface area contributed by atoms with Gasteiger partial charge in [-0.05, 0) is 69.3 Å². The number of pyridine rings is 1. The van der Waals surface area contributed by atoms with Gasteiger partial charge in [0.15, 0.2) is 10.9 Å². The number of nitriles is 1. The van der Waals surface area contributed by atoms with Crippen molar-refractivity contribution in [2.24, 2.45) is 11.3 Å². The molecule has 12 heteroatoms. The molecule has 0 bridgehead atoms. The van der Waals surface area contributed by atoms with Crippen molar-refractivity contribution in [2.45, 2.75) is 25.4 Å². The number of anilines is 3. The number of nitrogens with zero attached hydrogens (tertiary/aromatic N) is 7. The van der Waals surface area contributed by atoms with Crippen molar-refractivity contribution in [3.8, 4) is 17.3 Å². The van der Waals surface area contributed by atoms with Crippen LogP contribution >= 0.6 is 11.3 Å². The van der Waals surface area contributed by atoms with E-state index in [0.717, 1.165) is 56.9 Å². The predicted molar refractivity (Wildman–Crippen MR) is 172 cm³/mol. The van der Waals surface area contributed by atoms with Crippen LogP contribution in [0.4, 0.5) is 25.3 Å². The van der Waals surface area contributed by atoms with Gasteiger partial charge in [0.1, 0.15) is 28.0 Å². The minimum atomic E-state index is -0.796. The third-order valence-corrected chi connectivity index (χ3v) is 11.1. The molecule has 46 heavy (non-hydrogen) atoms. The lowest BCUT2D eigenvalue weighted by Crippen LogP contribution is -2.73. The van der Waals surface area contributed by atoms with E-state index in [4.69, 9.17) is 4.98 Å². The highest BCUT2D eigenvalue weighted by molar-refractivity contribution is 7.16. The summed E-state index contributed by atoms with van der Waals surface area (Å²) in [5.74, 6) is -0.502. The third-order valence-electron chi connectivity index (χ3n) is 10.1. The van der Waals surface area contributed by atoms with Crippen LogP contribution in [0.2, 0.25) is 0 Å². The average Bonchev–Trinajstić information content (AvgIpc) is 3.73. The maximum Gasteiger partial charge on any atom is 0.227 e. The average molecular weight is 642 g/mol. The summed E-state index contributed by atoms with van der Waals surface area (Å²) in [6.45, 7) is 4.74. The first-order valence-electron chi connectivity index (χ1n) is 15.6. The Morgan fingerprint density at radius 2 is 1.89 bits per heavy atom. The van der Waals surface area contributed by atoms with Gasteiger partial charge in [-0.3, -0.25) is 4.79 Å². The van der Waals surface area contributed by atoms with Crippen LogP contribution in [0.25, 0.3) is 22.2 Å². The van der Waals surface area contributed by atoms with E-state index < -0.39 is 11.9 Å². The number of benzene rings is 2. The van der Waals surface area contributed by atoms with Gasteiger partial charge in [0.2, 0.25) is 5.91 Å². The van der Waals surface area contributed by atoms with Crippen molar-refractivity contribution in [1.29, 1.82) is 5.26 Å². The lowest BCUT2D eigenvalue weighted by atomic mass is 9.72. The normalized spacial score (nSPS) is 21.7. The largest absolute Gasteiger partial charge is 0.387 e. The van der Waals surface area contributed by atoms with Crippen molar-refractivity contribution in [3.05, 3.63) is 64.2 Å². The molecule has 9 nitrogen and oxygen atoms in total. The second-order valence-corrected chi connectivity index (χ2v) is 14.3. The molecule has 4 aliphatic rings. The molecule has 2 aromatic heterocycles. The highest BCUT2D eigenvalue weighted by atomic mass is 32.1. The first-order valence-corrected chi connectivity index (χ1v) is 16.4. The molecule has 5 heterocycles. The molecular weight excluding hydrogens is 608 g/mol. The van der Waals surface area contributed by atoms with E-state index in [1.807, 2.05) is 22.9 Å². The van der Waals surface area contributed by atoms with E-state index in [-0.39, 0.29) is 28.6 Å². The summed E-state index contributed by atoms with van der Waals surface area (Å²) in [5.41, 5.74) is 4.05. The van der Waals surface area contributed by atoms with Crippen molar-refractivity contribution in [3.63, 3.8) is 0 Å². The zero-order valence-corrected chi connectivity index (χ0v) is 26.4. The van der Waals surface area contributed by atoms with E-state index in [9.17, 15) is 19.6 Å². The van der Waals surface area contributed by atoms with Gasteiger partial charge in [0, 0.05) is 67.4 Å². The van der Waals surface area contributed by atoms with Gasteiger partial charge in [-0.2, -0.15) is 5.26 Å². The molecule has 3 fully saturated rings. The molecule has 0 radical (unpaired) electrons. The quantitative estimate of drug-likeness (QED) is 0.330. The van der Waals surface area contributed by atoms with Crippen LogP contribution in [0.15, 0.2) is 36.4 Å². The molecule has 1 N–H and O–H groups in total. The fourth-order valence-electron chi connectivity index (χ4n) is 7.74. The number of carbonyl (C=O) groups is 1. The summed E-state index contributed by atoms with van der Waals surface area (Å²) < 4.78 is 29.5. The Kier molecular flexibility index (Phi) is 6.79. The van der Waals surface area contributed by atoms with Gasteiger partial charge in [0.05, 0.1) is 23.4 Å². The zero-order valence-electron chi connectivity index (χ0n) is 25.6. The van der Waals surface area contributed by atoms with E-state index >= 15 is 4.39 Å². The fourth-order valence-corrected chi connectivity index (χ4v) is 8.60. The smallest absolute Gasteiger partial charge is 0.227 e. The van der Waals surface area contributed by atoms with E-state index in [0.29, 0.717) is 50.9 Å².